The Morgan fingerprint density at radius 3 is 2.48 bits per heavy atom. The number of fused-ring (bicyclic) bond motifs is 9. The normalized spacial score (nSPS) is 26.5. The number of thioether (sulfide) groups is 1. The van der Waals surface area contributed by atoms with Crippen LogP contribution in [0, 0.1) is 25.2 Å². The number of phenolic OH excluding ortho intramolecular Hbond substituents is 1. The van der Waals surface area contributed by atoms with Crippen LogP contribution < -0.4 is 33.7 Å². The van der Waals surface area contributed by atoms with E-state index in [0.717, 1.165) is 17.4 Å². The minimum absolute atomic E-state index is 0.00322. The molecule has 3 aromatic carbocycles. The summed E-state index contributed by atoms with van der Waals surface area (Å²) < 4.78 is 52.7. The highest BCUT2D eigenvalue weighted by Crippen LogP contribution is 2.64. The molecule has 7 atom stereocenters. The number of ether oxygens (including phenoxy) is 9. The number of phenols is 1. The number of rotatable bonds is 5. The van der Waals surface area contributed by atoms with E-state index >= 15 is 4.79 Å². The summed E-state index contributed by atoms with van der Waals surface area (Å²) in [5.74, 6) is 1.02. The lowest BCUT2D eigenvalue weighted by Gasteiger charge is -2.62. The Labute approximate surface area is 374 Å². The van der Waals surface area contributed by atoms with E-state index in [1.807, 2.05) is 20.0 Å². The van der Waals surface area contributed by atoms with E-state index < -0.39 is 58.8 Å². The van der Waals surface area contributed by atoms with Crippen molar-refractivity contribution in [3.63, 3.8) is 0 Å². The lowest BCUT2D eigenvalue weighted by atomic mass is 9.71. The number of carbonyl (C=O) groups excluding carboxylic acids is 3. The summed E-state index contributed by atoms with van der Waals surface area (Å²) in [6.45, 7) is 12.3. The maximum atomic E-state index is 15.1. The number of nitrogens with zero attached hydrogens (tertiary/aromatic N) is 3. The Balaban J connectivity index is 1.27. The summed E-state index contributed by atoms with van der Waals surface area (Å²) in [4.78, 5) is 45.6. The maximum Gasteiger partial charge on any atom is 0.518 e. The summed E-state index contributed by atoms with van der Waals surface area (Å²) in [5, 5.41) is 26.2. The maximum absolute atomic E-state index is 15.1. The molecule has 2 fully saturated rings. The molecule has 0 aliphatic carbocycles. The molecular weight excluding hydrogens is 849 g/mol. The first-order valence-electron chi connectivity index (χ1n) is 21.0. The number of nitriles is 1. The number of aryl methyl sites for hydroxylation is 1. The molecule has 0 aromatic heterocycles. The number of hydrogen-bond donors (Lipinski definition) is 2. The van der Waals surface area contributed by atoms with Gasteiger partial charge in [0.15, 0.2) is 40.0 Å². The molecule has 7 aliphatic rings. The average Bonchev–Trinajstić information content (AvgIpc) is 3.73. The van der Waals surface area contributed by atoms with Gasteiger partial charge in [0.1, 0.15) is 24.0 Å². The second kappa shape index (κ2) is 16.0. The minimum atomic E-state index is -1.49. The SMILES string of the molecule is C=COC(=O)Oc1c(C)c2c(c3c1[C@H]1SC[C@]4(NCCc5cc(OC(=O)OC(C)(C)C)c(OC)cc54)C(=O)OC[C@H]3N3C1[C@H]1c4c(cc(C)c(OC)c4O)C[C@@H]([C@@H]3C#N)N1C)OCO2. The van der Waals surface area contributed by atoms with Crippen LogP contribution >= 0.6 is 11.8 Å². The molecule has 17 nitrogen and oxygen atoms in total. The van der Waals surface area contributed by atoms with Gasteiger partial charge in [-0.25, -0.2) is 14.4 Å². The topological polar surface area (TPSA) is 197 Å². The van der Waals surface area contributed by atoms with Gasteiger partial charge in [-0.2, -0.15) is 5.26 Å². The lowest BCUT2D eigenvalue weighted by Crippen LogP contribution is -2.69. The third kappa shape index (κ3) is 6.65. The third-order valence-corrected chi connectivity index (χ3v) is 14.6. The highest BCUT2D eigenvalue weighted by Gasteiger charge is 2.62. The zero-order valence-corrected chi connectivity index (χ0v) is 37.6. The summed E-state index contributed by atoms with van der Waals surface area (Å²) in [6.07, 6.45) is -0.0566. The molecule has 1 unspecified atom stereocenters. The van der Waals surface area contributed by atoms with Gasteiger partial charge in [0.05, 0.1) is 43.9 Å². The first-order valence-corrected chi connectivity index (χ1v) is 22.0. The first-order chi connectivity index (χ1) is 30.6. The molecule has 7 aliphatic heterocycles. The van der Waals surface area contributed by atoms with E-state index in [1.165, 1.54) is 26.0 Å². The van der Waals surface area contributed by atoms with Crippen molar-refractivity contribution < 1.29 is 62.1 Å². The first kappa shape index (κ1) is 43.4. The fourth-order valence-corrected chi connectivity index (χ4v) is 12.3. The number of hydrogen-bond acceptors (Lipinski definition) is 18. The van der Waals surface area contributed by atoms with E-state index in [9.17, 15) is 20.0 Å². The number of benzene rings is 3. The van der Waals surface area contributed by atoms with Crippen molar-refractivity contribution in [2.24, 2.45) is 0 Å². The Hall–Kier alpha value is -5.87. The predicted molar refractivity (Wildman–Crippen MR) is 229 cm³/mol. The number of esters is 1. The van der Waals surface area contributed by atoms with E-state index in [1.54, 1.807) is 39.8 Å². The fraction of sp³-hybridized carbons (Fsp3) is 0.478. The second-order valence-electron chi connectivity index (χ2n) is 17.7. The molecule has 18 heteroatoms. The molecule has 338 valence electrons. The highest BCUT2D eigenvalue weighted by molar-refractivity contribution is 7.99. The number of carbonyl (C=O) groups is 3. The van der Waals surface area contributed by atoms with Crippen molar-refractivity contribution in [1.82, 2.24) is 15.1 Å². The monoisotopic (exact) mass is 898 g/mol. The summed E-state index contributed by atoms with van der Waals surface area (Å²) >= 11 is 1.41. The molecule has 7 heterocycles. The van der Waals surface area contributed by atoms with Gasteiger partial charge in [0, 0.05) is 46.6 Å². The molecule has 64 heavy (non-hydrogen) atoms. The van der Waals surface area contributed by atoms with Gasteiger partial charge in [0.2, 0.25) is 6.79 Å². The zero-order valence-electron chi connectivity index (χ0n) is 36.8. The Morgan fingerprint density at radius 2 is 1.78 bits per heavy atom. The van der Waals surface area contributed by atoms with Gasteiger partial charge in [0.25, 0.3) is 0 Å². The Bertz CT molecular complexity index is 2540. The molecule has 4 bridgehead atoms. The summed E-state index contributed by atoms with van der Waals surface area (Å²) in [6, 6.07) is 4.85. The van der Waals surface area contributed by atoms with Crippen molar-refractivity contribution in [3.8, 4) is 46.3 Å². The van der Waals surface area contributed by atoms with Gasteiger partial charge in [-0.1, -0.05) is 12.6 Å². The zero-order chi connectivity index (χ0) is 45.6. The number of nitrogens with one attached hydrogen (secondary N) is 1. The molecule has 10 rings (SSSR count). The number of likely N-dealkylation sites (N-methyl/N-ethyl adjacent to an activating group) is 1. The van der Waals surface area contributed by atoms with Crippen LogP contribution in [0.3, 0.4) is 0 Å². The third-order valence-electron chi connectivity index (χ3n) is 13.1. The van der Waals surface area contributed by atoms with E-state index in [-0.39, 0.29) is 48.2 Å². The van der Waals surface area contributed by atoms with Crippen LogP contribution in [0.4, 0.5) is 9.59 Å². The van der Waals surface area contributed by atoms with E-state index in [2.05, 4.69) is 27.8 Å². The molecule has 2 saturated heterocycles. The van der Waals surface area contributed by atoms with Gasteiger partial charge in [-0.15, -0.1) is 11.8 Å². The van der Waals surface area contributed by atoms with Crippen molar-refractivity contribution in [3.05, 3.63) is 75.5 Å². The largest absolute Gasteiger partial charge is 0.518 e. The van der Waals surface area contributed by atoms with Gasteiger partial charge >= 0.3 is 18.3 Å². The number of aromatic hydroxyl groups is 1. The lowest BCUT2D eigenvalue weighted by molar-refractivity contribution is -0.157. The second-order valence-corrected chi connectivity index (χ2v) is 18.8. The molecule has 0 saturated carbocycles. The van der Waals surface area contributed by atoms with Crippen LogP contribution in [0.1, 0.15) is 82.6 Å². The van der Waals surface area contributed by atoms with Crippen LogP contribution in [0.2, 0.25) is 0 Å². The van der Waals surface area contributed by atoms with Crippen molar-refractivity contribution in [1.29, 1.82) is 5.26 Å². The quantitative estimate of drug-likeness (QED) is 0.125. The van der Waals surface area contributed by atoms with E-state index in [0.29, 0.717) is 70.0 Å². The molecule has 1 spiro atoms. The molecule has 0 amide bonds. The average molecular weight is 899 g/mol. The minimum Gasteiger partial charge on any atom is -0.504 e. The number of methoxy groups -OCH3 is 2. The van der Waals surface area contributed by atoms with Crippen LogP contribution in [0.15, 0.2) is 31.0 Å². The summed E-state index contributed by atoms with van der Waals surface area (Å²) in [7, 11) is 4.91. The Kier molecular flexibility index (Phi) is 10.8. The molecular formula is C46H50N4O13S. The van der Waals surface area contributed by atoms with Crippen LogP contribution in [0.25, 0.3) is 0 Å². The van der Waals surface area contributed by atoms with Crippen LogP contribution in [0.5, 0.6) is 40.2 Å². The molecule has 2 N–H and O–H groups in total. The molecule has 3 aromatic rings. The standard InChI is InChI=1S/C46H50N4O13S/c1-10-57-43(53)62-38-22(3)39-40(60-20-59-39)32-28-18-58-42(52)46(25-16-29(55-8)30(15-23(25)11-12-48-46)61-44(54)63-45(4,5)6)19-64-41(33(32)38)35-34-31-24(13-21(2)37(56-9)36(31)51)14-26(49(34)7)27(17-47)50(28)35/h10,13,15-16,26-28,34-35,41,48,51H,1,11-12,14,18-20H2,2-9H3/t26-,27-,28+,34+,35?,41+,46+/m0/s1. The van der Waals surface area contributed by atoms with E-state index in [4.69, 9.17) is 42.6 Å². The van der Waals surface area contributed by atoms with Gasteiger partial charge < -0.3 is 47.7 Å². The van der Waals surface area contributed by atoms with Crippen molar-refractivity contribution >= 4 is 30.0 Å². The van der Waals surface area contributed by atoms with Gasteiger partial charge in [-0.05, 0) is 88.9 Å². The van der Waals surface area contributed by atoms with Crippen LogP contribution in [-0.2, 0) is 37.4 Å². The Morgan fingerprint density at radius 1 is 1.02 bits per heavy atom. The summed E-state index contributed by atoms with van der Waals surface area (Å²) in [5.41, 5.74) is 2.86. The predicted octanol–water partition coefficient (Wildman–Crippen LogP) is 6.33. The van der Waals surface area contributed by atoms with Crippen molar-refractivity contribution in [2.45, 2.75) is 94.1 Å². The smallest absolute Gasteiger partial charge is 0.504 e. The van der Waals surface area contributed by atoms with Crippen molar-refractivity contribution in [2.75, 3.05) is 47.0 Å². The highest BCUT2D eigenvalue weighted by atomic mass is 32.2. The van der Waals surface area contributed by atoms with Crippen LogP contribution in [-0.4, -0.2) is 104 Å². The number of piperazine rings is 1. The van der Waals surface area contributed by atoms with Gasteiger partial charge in [-0.3, -0.25) is 15.1 Å². The molecule has 0 radical (unpaired) electrons. The fourth-order valence-electron chi connectivity index (χ4n) is 10.6.